The highest BCUT2D eigenvalue weighted by molar-refractivity contribution is 7.80. The van der Waals surface area contributed by atoms with Gasteiger partial charge in [0.1, 0.15) is 5.75 Å². The van der Waals surface area contributed by atoms with Crippen LogP contribution in [0.1, 0.15) is 25.8 Å². The Morgan fingerprint density at radius 1 is 1.50 bits per heavy atom. The van der Waals surface area contributed by atoms with E-state index in [0.717, 1.165) is 11.3 Å². The van der Waals surface area contributed by atoms with E-state index in [1.54, 1.807) is 6.21 Å². The Balaban J connectivity index is 2.68. The molecule has 0 atom stereocenters. The quantitative estimate of drug-likeness (QED) is 0.494. The third kappa shape index (κ3) is 5.67. The second-order valence-electron chi connectivity index (χ2n) is 4.35. The van der Waals surface area contributed by atoms with Gasteiger partial charge in [-0.05, 0) is 55.9 Å². The highest BCUT2D eigenvalue weighted by Crippen LogP contribution is 2.12. The molecule has 1 aromatic carbocycles. The fourth-order valence-corrected chi connectivity index (χ4v) is 1.56. The van der Waals surface area contributed by atoms with E-state index in [1.807, 2.05) is 44.2 Å². The number of nitriles is 1. The van der Waals surface area contributed by atoms with Gasteiger partial charge in [-0.25, -0.2) is 5.01 Å². The van der Waals surface area contributed by atoms with E-state index in [4.69, 9.17) is 28.0 Å². The monoisotopic (exact) mass is 290 g/mol. The normalized spacial score (nSPS) is 10.5. The molecule has 20 heavy (non-hydrogen) atoms. The summed E-state index contributed by atoms with van der Waals surface area (Å²) in [4.78, 5) is 0. The number of nitrogens with two attached hydrogens (primary N) is 1. The summed E-state index contributed by atoms with van der Waals surface area (Å²) in [5.74, 6) is 0.813. The van der Waals surface area contributed by atoms with E-state index in [-0.39, 0.29) is 11.2 Å². The van der Waals surface area contributed by atoms with Crippen molar-refractivity contribution in [3.05, 3.63) is 29.8 Å². The van der Waals surface area contributed by atoms with Crippen molar-refractivity contribution in [3.8, 4) is 11.8 Å². The van der Waals surface area contributed by atoms with Crippen molar-refractivity contribution >= 4 is 23.5 Å². The highest BCUT2D eigenvalue weighted by atomic mass is 32.1. The van der Waals surface area contributed by atoms with Crippen molar-refractivity contribution in [2.24, 2.45) is 10.8 Å². The molecular formula is C14H18N4OS. The van der Waals surface area contributed by atoms with Crippen LogP contribution in [0, 0.1) is 11.3 Å². The number of nitrogens with zero attached hydrogens (tertiary/aromatic N) is 3. The molecule has 0 heterocycles. The Labute approximate surface area is 124 Å². The van der Waals surface area contributed by atoms with Gasteiger partial charge in [0.05, 0.1) is 31.4 Å². The molecular weight excluding hydrogens is 272 g/mol. The minimum absolute atomic E-state index is 0.144. The van der Waals surface area contributed by atoms with Crippen molar-refractivity contribution in [1.29, 1.82) is 5.26 Å². The molecule has 6 heteroatoms. The molecule has 0 saturated carbocycles. The highest BCUT2D eigenvalue weighted by Gasteiger charge is 2.03. The maximum atomic E-state index is 8.56. The smallest absolute Gasteiger partial charge is 0.186 e. The number of hydrogen-bond donors (Lipinski definition) is 1. The van der Waals surface area contributed by atoms with Crippen LogP contribution in [0.25, 0.3) is 0 Å². The molecule has 2 N–H and O–H groups in total. The molecule has 0 aliphatic heterocycles. The molecule has 0 aliphatic rings. The van der Waals surface area contributed by atoms with Crippen LogP contribution in [0.5, 0.6) is 5.75 Å². The minimum Gasteiger partial charge on any atom is -0.491 e. The molecule has 0 unspecified atom stereocenters. The molecule has 5 nitrogen and oxygen atoms in total. The van der Waals surface area contributed by atoms with Crippen LogP contribution in [0.3, 0.4) is 0 Å². The number of hydrazone groups is 1. The van der Waals surface area contributed by atoms with Gasteiger partial charge in [0.15, 0.2) is 5.11 Å². The fourth-order valence-electron chi connectivity index (χ4n) is 1.42. The van der Waals surface area contributed by atoms with Gasteiger partial charge in [0.2, 0.25) is 0 Å². The predicted octanol–water partition coefficient (Wildman–Crippen LogP) is 2.27. The summed E-state index contributed by atoms with van der Waals surface area (Å²) in [6.45, 7) is 4.34. The van der Waals surface area contributed by atoms with Crippen LogP contribution < -0.4 is 10.5 Å². The molecule has 106 valence electrons. The molecule has 1 aromatic rings. The third-order valence-corrected chi connectivity index (χ3v) is 2.50. The Kier molecular flexibility index (Phi) is 6.47. The maximum absolute atomic E-state index is 8.56. The zero-order valence-electron chi connectivity index (χ0n) is 11.6. The Morgan fingerprint density at radius 3 is 2.65 bits per heavy atom. The predicted molar refractivity (Wildman–Crippen MR) is 83.5 cm³/mol. The first kappa shape index (κ1) is 15.9. The van der Waals surface area contributed by atoms with Gasteiger partial charge in [-0.3, -0.25) is 0 Å². The maximum Gasteiger partial charge on any atom is 0.186 e. The van der Waals surface area contributed by atoms with Crippen LogP contribution in [0.4, 0.5) is 0 Å². The van der Waals surface area contributed by atoms with Gasteiger partial charge < -0.3 is 10.5 Å². The lowest BCUT2D eigenvalue weighted by Crippen LogP contribution is -2.31. The largest absolute Gasteiger partial charge is 0.491 e. The molecule has 0 amide bonds. The molecule has 0 radical (unpaired) electrons. The topological polar surface area (TPSA) is 74.6 Å². The lowest BCUT2D eigenvalue weighted by Gasteiger charge is -2.14. The average Bonchev–Trinajstić information content (AvgIpc) is 2.39. The second-order valence-corrected chi connectivity index (χ2v) is 4.77. The SMILES string of the molecule is CC(C)Oc1ccc(/C=N\N(CCC#N)C(N)=S)cc1. The first-order chi connectivity index (χ1) is 9.52. The molecule has 0 aliphatic carbocycles. The number of ether oxygens (including phenoxy) is 1. The summed E-state index contributed by atoms with van der Waals surface area (Å²) in [6, 6.07) is 9.57. The fraction of sp³-hybridized carbons (Fsp3) is 0.357. The molecule has 0 bridgehead atoms. The number of thiocarbonyl (C=S) groups is 1. The number of rotatable bonds is 6. The Bertz CT molecular complexity index is 505. The van der Waals surface area contributed by atoms with E-state index in [2.05, 4.69) is 5.10 Å². The van der Waals surface area contributed by atoms with Gasteiger partial charge in [0, 0.05) is 0 Å². The van der Waals surface area contributed by atoms with Crippen LogP contribution in [0.2, 0.25) is 0 Å². The van der Waals surface area contributed by atoms with Gasteiger partial charge in [-0.2, -0.15) is 10.4 Å². The molecule has 0 saturated heterocycles. The average molecular weight is 290 g/mol. The number of benzene rings is 1. The number of hydrogen-bond acceptors (Lipinski definition) is 4. The molecule has 1 rings (SSSR count). The van der Waals surface area contributed by atoms with Gasteiger partial charge in [-0.15, -0.1) is 0 Å². The molecule has 0 aromatic heterocycles. The summed E-state index contributed by atoms with van der Waals surface area (Å²) >= 11 is 4.87. The van der Waals surface area contributed by atoms with E-state index in [1.165, 1.54) is 5.01 Å². The lowest BCUT2D eigenvalue weighted by atomic mass is 10.2. The first-order valence-electron chi connectivity index (χ1n) is 6.27. The Morgan fingerprint density at radius 2 is 2.15 bits per heavy atom. The first-order valence-corrected chi connectivity index (χ1v) is 6.68. The van der Waals surface area contributed by atoms with Gasteiger partial charge in [-0.1, -0.05) is 0 Å². The summed E-state index contributed by atoms with van der Waals surface area (Å²) in [6.07, 6.45) is 2.11. The third-order valence-electron chi connectivity index (χ3n) is 2.29. The summed E-state index contributed by atoms with van der Waals surface area (Å²) in [7, 11) is 0. The zero-order chi connectivity index (χ0) is 15.0. The summed E-state index contributed by atoms with van der Waals surface area (Å²) < 4.78 is 5.55. The second kappa shape index (κ2) is 8.12. The van der Waals surface area contributed by atoms with E-state index in [9.17, 15) is 0 Å². The van der Waals surface area contributed by atoms with Crippen molar-refractivity contribution in [2.45, 2.75) is 26.4 Å². The lowest BCUT2D eigenvalue weighted by molar-refractivity contribution is 0.242. The van der Waals surface area contributed by atoms with E-state index >= 15 is 0 Å². The molecule has 0 fully saturated rings. The van der Waals surface area contributed by atoms with Crippen molar-refractivity contribution in [3.63, 3.8) is 0 Å². The van der Waals surface area contributed by atoms with Crippen molar-refractivity contribution in [2.75, 3.05) is 6.54 Å². The summed E-state index contributed by atoms with van der Waals surface area (Å²) in [5, 5.41) is 14.3. The van der Waals surface area contributed by atoms with E-state index in [0.29, 0.717) is 13.0 Å². The summed E-state index contributed by atoms with van der Waals surface area (Å²) in [5.41, 5.74) is 6.44. The van der Waals surface area contributed by atoms with E-state index < -0.39 is 0 Å². The minimum atomic E-state index is 0.144. The van der Waals surface area contributed by atoms with Gasteiger partial charge >= 0.3 is 0 Å². The van der Waals surface area contributed by atoms with Crippen molar-refractivity contribution < 1.29 is 4.74 Å². The van der Waals surface area contributed by atoms with Gasteiger partial charge in [0.25, 0.3) is 0 Å². The van der Waals surface area contributed by atoms with Crippen LogP contribution in [-0.4, -0.2) is 29.0 Å². The van der Waals surface area contributed by atoms with Crippen LogP contribution in [-0.2, 0) is 0 Å². The standard InChI is InChI=1S/C14H18N4OS/c1-11(2)19-13-6-4-12(5-7-13)10-17-18(14(16)20)9-3-8-15/h4-7,10-11H,3,9H2,1-2H3,(H2,16,20)/b17-10-. The molecule has 0 spiro atoms. The Hall–Kier alpha value is -2.13. The van der Waals surface area contributed by atoms with Crippen LogP contribution >= 0.6 is 12.2 Å². The van der Waals surface area contributed by atoms with Crippen molar-refractivity contribution in [1.82, 2.24) is 5.01 Å². The zero-order valence-corrected chi connectivity index (χ0v) is 12.4. The van der Waals surface area contributed by atoms with Crippen LogP contribution in [0.15, 0.2) is 29.4 Å².